The van der Waals surface area contributed by atoms with E-state index in [1.165, 1.54) is 11.3 Å². The van der Waals surface area contributed by atoms with E-state index in [1.807, 2.05) is 6.92 Å². The number of anilines is 1. The predicted molar refractivity (Wildman–Crippen MR) is 43.7 cm³/mol. The standard InChI is InChI=1S/C5H8N2OS.CH3O.Na/c1-3-4(8-2)9-5(6)7-3;1-2;/h1-2H3,(H2,6,7);1H3;/q;-1;+1. The first-order valence-electron chi connectivity index (χ1n) is 2.91. The number of thiazole rings is 1. The van der Waals surface area contributed by atoms with Crippen molar-refractivity contribution in [3.63, 3.8) is 0 Å². The first-order chi connectivity index (χ1) is 5.24. The zero-order valence-corrected chi connectivity index (χ0v) is 10.6. The Balaban J connectivity index is 0. The van der Waals surface area contributed by atoms with Crippen molar-refractivity contribution >= 4 is 16.5 Å². The third-order valence-corrected chi connectivity index (χ3v) is 1.90. The Kier molecular flexibility index (Phi) is 9.58. The summed E-state index contributed by atoms with van der Waals surface area (Å²) in [5, 5.41) is 9.61. The van der Waals surface area contributed by atoms with Gasteiger partial charge in [0, 0.05) is 0 Å². The maximum absolute atomic E-state index is 8.25. The minimum absolute atomic E-state index is 0. The van der Waals surface area contributed by atoms with E-state index in [1.54, 1.807) is 7.11 Å². The Morgan fingerprint density at radius 1 is 1.50 bits per heavy atom. The van der Waals surface area contributed by atoms with Gasteiger partial charge in [0.15, 0.2) is 10.2 Å². The predicted octanol–water partition coefficient (Wildman–Crippen LogP) is -2.98. The first kappa shape index (κ1) is 14.7. The van der Waals surface area contributed by atoms with E-state index in [0.717, 1.165) is 17.9 Å². The van der Waals surface area contributed by atoms with Gasteiger partial charge < -0.3 is 15.6 Å². The second kappa shape index (κ2) is 7.82. The van der Waals surface area contributed by atoms with Gasteiger partial charge in [-0.05, 0) is 6.92 Å². The Hall–Kier alpha value is 0.190. The van der Waals surface area contributed by atoms with Gasteiger partial charge >= 0.3 is 29.6 Å². The van der Waals surface area contributed by atoms with Gasteiger partial charge in [0.25, 0.3) is 0 Å². The van der Waals surface area contributed by atoms with Gasteiger partial charge in [0.1, 0.15) is 0 Å². The van der Waals surface area contributed by atoms with Gasteiger partial charge in [-0.15, -0.1) is 0 Å². The van der Waals surface area contributed by atoms with Crippen molar-refractivity contribution in [2.45, 2.75) is 6.92 Å². The maximum Gasteiger partial charge on any atom is 1.00 e. The van der Waals surface area contributed by atoms with Crippen LogP contribution in [0.2, 0.25) is 0 Å². The van der Waals surface area contributed by atoms with Crippen LogP contribution >= 0.6 is 11.3 Å². The quantitative estimate of drug-likeness (QED) is 0.489. The molecule has 12 heavy (non-hydrogen) atoms. The van der Waals surface area contributed by atoms with Crippen LogP contribution in [0.3, 0.4) is 0 Å². The Labute approximate surface area is 98.1 Å². The molecular formula is C6H11N2NaO2S. The molecule has 0 saturated heterocycles. The number of rotatable bonds is 1. The SMILES string of the molecule is COc1sc(N)nc1C.C[O-].[Na+]. The van der Waals surface area contributed by atoms with Crippen LogP contribution in [0.5, 0.6) is 5.06 Å². The van der Waals surface area contributed by atoms with Crippen molar-refractivity contribution in [2.24, 2.45) is 0 Å². The van der Waals surface area contributed by atoms with Crippen LogP contribution in [-0.4, -0.2) is 19.2 Å². The van der Waals surface area contributed by atoms with Crippen LogP contribution in [0.1, 0.15) is 5.69 Å². The zero-order valence-electron chi connectivity index (χ0n) is 7.75. The van der Waals surface area contributed by atoms with Crippen molar-refractivity contribution in [1.82, 2.24) is 4.98 Å². The molecule has 2 N–H and O–H groups in total. The molecule has 0 aromatic carbocycles. The third kappa shape index (κ3) is 4.27. The topological polar surface area (TPSA) is 71.2 Å². The number of ether oxygens (including phenoxy) is 1. The van der Waals surface area contributed by atoms with Gasteiger partial charge in [0.2, 0.25) is 0 Å². The van der Waals surface area contributed by atoms with Gasteiger partial charge in [-0.3, -0.25) is 0 Å². The molecule has 1 heterocycles. The van der Waals surface area contributed by atoms with E-state index in [-0.39, 0.29) is 29.6 Å². The fraction of sp³-hybridized carbons (Fsp3) is 0.500. The van der Waals surface area contributed by atoms with Crippen LogP contribution in [0.25, 0.3) is 0 Å². The van der Waals surface area contributed by atoms with E-state index < -0.39 is 0 Å². The number of aromatic nitrogens is 1. The summed E-state index contributed by atoms with van der Waals surface area (Å²) in [6.07, 6.45) is 0. The average molecular weight is 198 g/mol. The number of nitrogen functional groups attached to an aromatic ring is 1. The normalized spacial score (nSPS) is 7.67. The fourth-order valence-corrected chi connectivity index (χ4v) is 1.24. The molecule has 0 aliphatic carbocycles. The Morgan fingerprint density at radius 3 is 2.17 bits per heavy atom. The summed E-state index contributed by atoms with van der Waals surface area (Å²) < 4.78 is 4.94. The molecule has 0 aliphatic heterocycles. The molecule has 0 spiro atoms. The zero-order chi connectivity index (χ0) is 8.85. The van der Waals surface area contributed by atoms with Crippen molar-refractivity contribution in [2.75, 3.05) is 20.0 Å². The fourth-order valence-electron chi connectivity index (χ4n) is 0.592. The number of aryl methyl sites for hydroxylation is 1. The first-order valence-corrected chi connectivity index (χ1v) is 3.73. The average Bonchev–Trinajstić information content (AvgIpc) is 2.33. The Morgan fingerprint density at radius 2 is 2.00 bits per heavy atom. The number of hydrogen-bond acceptors (Lipinski definition) is 5. The number of nitrogens with two attached hydrogens (primary N) is 1. The van der Waals surface area contributed by atoms with Crippen LogP contribution in [0.15, 0.2) is 0 Å². The van der Waals surface area contributed by atoms with E-state index in [0.29, 0.717) is 5.13 Å². The van der Waals surface area contributed by atoms with Crippen LogP contribution in [0.4, 0.5) is 5.13 Å². The van der Waals surface area contributed by atoms with Gasteiger partial charge in [-0.25, -0.2) is 4.98 Å². The molecule has 0 fully saturated rings. The van der Waals surface area contributed by atoms with E-state index in [9.17, 15) is 0 Å². The van der Waals surface area contributed by atoms with Gasteiger partial charge in [0.05, 0.1) is 12.8 Å². The van der Waals surface area contributed by atoms with Crippen LogP contribution in [0, 0.1) is 6.92 Å². The number of methoxy groups -OCH3 is 1. The van der Waals surface area contributed by atoms with Gasteiger partial charge in [-0.1, -0.05) is 11.3 Å². The molecule has 64 valence electrons. The van der Waals surface area contributed by atoms with Gasteiger partial charge in [-0.2, -0.15) is 7.11 Å². The summed E-state index contributed by atoms with van der Waals surface area (Å²) in [6, 6.07) is 0. The number of nitrogens with zero attached hydrogens (tertiary/aromatic N) is 1. The molecule has 1 rings (SSSR count). The summed E-state index contributed by atoms with van der Waals surface area (Å²) in [7, 11) is 2.36. The van der Waals surface area contributed by atoms with Crippen molar-refractivity contribution in [1.29, 1.82) is 0 Å². The molecule has 1 aromatic heterocycles. The maximum atomic E-state index is 8.25. The van der Waals surface area contributed by atoms with Crippen molar-refractivity contribution in [3.05, 3.63) is 5.69 Å². The smallest absolute Gasteiger partial charge is 0.857 e. The summed E-state index contributed by atoms with van der Waals surface area (Å²) in [5.74, 6) is 0. The summed E-state index contributed by atoms with van der Waals surface area (Å²) in [5.41, 5.74) is 6.24. The minimum Gasteiger partial charge on any atom is -0.857 e. The molecule has 0 amide bonds. The van der Waals surface area contributed by atoms with Crippen molar-refractivity contribution < 1.29 is 39.4 Å². The molecule has 0 aliphatic rings. The molecule has 0 unspecified atom stereocenters. The van der Waals surface area contributed by atoms with E-state index >= 15 is 0 Å². The summed E-state index contributed by atoms with van der Waals surface area (Å²) >= 11 is 1.36. The largest absolute Gasteiger partial charge is 1.00 e. The number of hydrogen-bond donors (Lipinski definition) is 1. The molecule has 6 heteroatoms. The van der Waals surface area contributed by atoms with E-state index in [4.69, 9.17) is 15.6 Å². The molecule has 0 bridgehead atoms. The monoisotopic (exact) mass is 198 g/mol. The van der Waals surface area contributed by atoms with Crippen LogP contribution in [-0.2, 0) is 0 Å². The third-order valence-electron chi connectivity index (χ3n) is 0.956. The van der Waals surface area contributed by atoms with E-state index in [2.05, 4.69) is 4.98 Å². The second-order valence-corrected chi connectivity index (χ2v) is 2.62. The molecule has 0 radical (unpaired) electrons. The summed E-state index contributed by atoms with van der Waals surface area (Å²) in [4.78, 5) is 3.95. The molecule has 1 aromatic rings. The molecule has 0 saturated carbocycles. The van der Waals surface area contributed by atoms with Crippen LogP contribution < -0.4 is 45.1 Å². The van der Waals surface area contributed by atoms with Crippen molar-refractivity contribution in [3.8, 4) is 5.06 Å². The molecule has 4 nitrogen and oxygen atoms in total. The Bertz CT molecular complexity index is 217. The molecular weight excluding hydrogens is 187 g/mol. The minimum atomic E-state index is 0. The summed E-state index contributed by atoms with van der Waals surface area (Å²) in [6.45, 7) is 1.87. The second-order valence-electron chi connectivity index (χ2n) is 1.63. The molecule has 0 atom stereocenters.